The topological polar surface area (TPSA) is 26.3 Å². The van der Waals surface area contributed by atoms with E-state index in [0.717, 1.165) is 37.9 Å². The Hall–Kier alpha value is -0.670. The second kappa shape index (κ2) is 3.97. The van der Waals surface area contributed by atoms with E-state index in [1.807, 2.05) is 16.8 Å². The Bertz CT molecular complexity index is 379. The third kappa shape index (κ3) is 1.72. The molecule has 2 fully saturated rings. The van der Waals surface area contributed by atoms with Crippen LogP contribution in [0.5, 0.6) is 0 Å². The van der Waals surface area contributed by atoms with Gasteiger partial charge in [-0.1, -0.05) is 0 Å². The maximum absolute atomic E-state index is 12.2. The third-order valence-electron chi connectivity index (χ3n) is 3.93. The van der Waals surface area contributed by atoms with Gasteiger partial charge in [0.2, 0.25) is 0 Å². The van der Waals surface area contributed by atoms with E-state index >= 15 is 0 Å². The van der Waals surface area contributed by atoms with Crippen molar-refractivity contribution in [2.24, 2.45) is 5.92 Å². The average molecular weight is 236 g/mol. The number of thiophene rings is 1. The molecule has 1 aromatic heterocycles. The van der Waals surface area contributed by atoms with Crippen molar-refractivity contribution < 1.29 is 9.53 Å². The zero-order chi connectivity index (χ0) is 11.0. The normalized spacial score (nSPS) is 27.6. The first-order chi connectivity index (χ1) is 7.79. The molecule has 0 bridgehead atoms. The summed E-state index contributed by atoms with van der Waals surface area (Å²) in [4.78, 5) is 12.2. The highest BCUT2D eigenvalue weighted by molar-refractivity contribution is 7.08. The van der Waals surface area contributed by atoms with Crippen LogP contribution in [-0.4, -0.2) is 18.0 Å². The quantitative estimate of drug-likeness (QED) is 0.737. The minimum Gasteiger partial charge on any atom is -0.375 e. The molecule has 1 aliphatic heterocycles. The molecular formula is C13H16O2S. The van der Waals surface area contributed by atoms with Crippen molar-refractivity contribution in [1.82, 2.24) is 0 Å². The predicted molar refractivity (Wildman–Crippen MR) is 63.9 cm³/mol. The molecular weight excluding hydrogens is 220 g/mol. The van der Waals surface area contributed by atoms with E-state index in [-0.39, 0.29) is 11.5 Å². The van der Waals surface area contributed by atoms with Crippen LogP contribution in [0.1, 0.15) is 42.5 Å². The van der Waals surface area contributed by atoms with Crippen LogP contribution in [0.15, 0.2) is 16.8 Å². The molecule has 1 saturated carbocycles. The average Bonchev–Trinajstić information content (AvgIpc) is 2.79. The van der Waals surface area contributed by atoms with Crippen LogP contribution >= 0.6 is 11.3 Å². The maximum atomic E-state index is 12.2. The van der Waals surface area contributed by atoms with Gasteiger partial charge in [0.05, 0.1) is 5.60 Å². The molecule has 2 heterocycles. The van der Waals surface area contributed by atoms with Gasteiger partial charge in [0.1, 0.15) is 0 Å². The van der Waals surface area contributed by atoms with Crippen molar-refractivity contribution in [2.75, 3.05) is 6.61 Å². The lowest BCUT2D eigenvalue weighted by Gasteiger charge is -2.46. The molecule has 0 N–H and O–H groups in total. The van der Waals surface area contributed by atoms with E-state index in [2.05, 4.69) is 0 Å². The fourth-order valence-electron chi connectivity index (χ4n) is 2.81. The van der Waals surface area contributed by atoms with E-state index in [4.69, 9.17) is 4.74 Å². The zero-order valence-electron chi connectivity index (χ0n) is 9.28. The highest BCUT2D eigenvalue weighted by Crippen LogP contribution is 2.44. The number of carbonyl (C=O) groups is 1. The van der Waals surface area contributed by atoms with E-state index < -0.39 is 0 Å². The summed E-state index contributed by atoms with van der Waals surface area (Å²) < 4.78 is 5.85. The number of ketones is 1. The number of Topliss-reactive ketones (excluding diaryl/α,β-unsaturated/α-hetero) is 1. The van der Waals surface area contributed by atoms with Gasteiger partial charge in [-0.3, -0.25) is 4.79 Å². The molecule has 16 heavy (non-hydrogen) atoms. The molecule has 86 valence electrons. The molecule has 3 rings (SSSR count). The van der Waals surface area contributed by atoms with Crippen LogP contribution in [-0.2, 0) is 4.74 Å². The molecule has 3 heteroatoms. The fourth-order valence-corrected chi connectivity index (χ4v) is 3.46. The highest BCUT2D eigenvalue weighted by Gasteiger charge is 2.44. The number of hydrogen-bond donors (Lipinski definition) is 0. The van der Waals surface area contributed by atoms with Gasteiger partial charge in [0, 0.05) is 23.5 Å². The number of ether oxygens (including phenoxy) is 1. The van der Waals surface area contributed by atoms with E-state index in [1.54, 1.807) is 11.3 Å². The zero-order valence-corrected chi connectivity index (χ0v) is 10.1. The second-order valence-corrected chi connectivity index (χ2v) is 5.73. The fraction of sp³-hybridized carbons (Fsp3) is 0.615. The monoisotopic (exact) mass is 236 g/mol. The van der Waals surface area contributed by atoms with Crippen LogP contribution < -0.4 is 0 Å². The summed E-state index contributed by atoms with van der Waals surface area (Å²) in [6.07, 6.45) is 5.41. The van der Waals surface area contributed by atoms with E-state index in [0.29, 0.717) is 5.78 Å². The van der Waals surface area contributed by atoms with Crippen molar-refractivity contribution in [2.45, 2.75) is 37.7 Å². The Morgan fingerprint density at radius 2 is 2.38 bits per heavy atom. The van der Waals surface area contributed by atoms with Gasteiger partial charge in [0.25, 0.3) is 0 Å². The summed E-state index contributed by atoms with van der Waals surface area (Å²) in [7, 11) is 0. The van der Waals surface area contributed by atoms with E-state index in [9.17, 15) is 4.79 Å². The molecule has 1 atom stereocenters. The van der Waals surface area contributed by atoms with Gasteiger partial charge in [-0.15, -0.1) is 0 Å². The predicted octanol–water partition coefficient (Wildman–Crippen LogP) is 3.28. The van der Waals surface area contributed by atoms with Crippen molar-refractivity contribution in [3.05, 3.63) is 22.4 Å². The minimum atomic E-state index is 0.0780. The van der Waals surface area contributed by atoms with Gasteiger partial charge in [-0.05, 0) is 43.6 Å². The standard InChI is InChI=1S/C13H16O2S/c14-12(11-3-7-16-9-11)10-2-6-15-13(8-10)4-1-5-13/h3,7,9-10H,1-2,4-6,8H2. The largest absolute Gasteiger partial charge is 0.375 e. The molecule has 2 aliphatic rings. The van der Waals surface area contributed by atoms with Crippen molar-refractivity contribution >= 4 is 17.1 Å². The van der Waals surface area contributed by atoms with Gasteiger partial charge in [0.15, 0.2) is 5.78 Å². The summed E-state index contributed by atoms with van der Waals surface area (Å²) in [5, 5.41) is 3.94. The Morgan fingerprint density at radius 3 is 3.00 bits per heavy atom. The Balaban J connectivity index is 1.73. The lowest BCUT2D eigenvalue weighted by Crippen LogP contribution is -2.47. The molecule has 0 aromatic carbocycles. The number of rotatable bonds is 2. The van der Waals surface area contributed by atoms with E-state index in [1.165, 1.54) is 6.42 Å². The number of hydrogen-bond acceptors (Lipinski definition) is 3. The summed E-state index contributed by atoms with van der Waals surface area (Å²) >= 11 is 1.60. The molecule has 1 saturated heterocycles. The Morgan fingerprint density at radius 1 is 1.50 bits per heavy atom. The van der Waals surface area contributed by atoms with Gasteiger partial charge in [-0.25, -0.2) is 0 Å². The van der Waals surface area contributed by atoms with Gasteiger partial charge >= 0.3 is 0 Å². The second-order valence-electron chi connectivity index (χ2n) is 4.95. The lowest BCUT2D eigenvalue weighted by molar-refractivity contribution is -0.137. The van der Waals surface area contributed by atoms with Gasteiger partial charge in [-0.2, -0.15) is 11.3 Å². The molecule has 2 nitrogen and oxygen atoms in total. The summed E-state index contributed by atoms with van der Waals surface area (Å²) in [6.45, 7) is 0.764. The van der Waals surface area contributed by atoms with Crippen LogP contribution in [0, 0.1) is 5.92 Å². The van der Waals surface area contributed by atoms with Gasteiger partial charge < -0.3 is 4.74 Å². The summed E-state index contributed by atoms with van der Waals surface area (Å²) in [5.41, 5.74) is 0.973. The van der Waals surface area contributed by atoms with Crippen LogP contribution in [0.3, 0.4) is 0 Å². The maximum Gasteiger partial charge on any atom is 0.166 e. The SMILES string of the molecule is O=C(c1ccsc1)C1CCOC2(CCC2)C1. The molecule has 1 unspecified atom stereocenters. The molecule has 1 aromatic rings. The van der Waals surface area contributed by atoms with Crippen molar-refractivity contribution in [1.29, 1.82) is 0 Å². The van der Waals surface area contributed by atoms with Crippen molar-refractivity contribution in [3.63, 3.8) is 0 Å². The smallest absolute Gasteiger partial charge is 0.166 e. The molecule has 1 spiro atoms. The Labute approximate surface area is 99.6 Å². The Kier molecular flexibility index (Phi) is 2.60. The first kappa shape index (κ1) is 10.5. The number of carbonyl (C=O) groups excluding carboxylic acids is 1. The minimum absolute atomic E-state index is 0.0780. The first-order valence-electron chi connectivity index (χ1n) is 5.99. The molecule has 1 aliphatic carbocycles. The molecule has 0 radical (unpaired) electrons. The molecule has 0 amide bonds. The lowest BCUT2D eigenvalue weighted by atomic mass is 9.71. The van der Waals surface area contributed by atoms with Crippen LogP contribution in [0.2, 0.25) is 0 Å². The van der Waals surface area contributed by atoms with Crippen LogP contribution in [0.4, 0.5) is 0 Å². The third-order valence-corrected chi connectivity index (χ3v) is 4.62. The first-order valence-corrected chi connectivity index (χ1v) is 6.94. The summed E-state index contributed by atoms with van der Waals surface area (Å²) in [6, 6.07) is 1.94. The van der Waals surface area contributed by atoms with Crippen LogP contribution in [0.25, 0.3) is 0 Å². The van der Waals surface area contributed by atoms with Crippen molar-refractivity contribution in [3.8, 4) is 0 Å². The summed E-state index contributed by atoms with van der Waals surface area (Å²) in [5.74, 6) is 0.527. The highest BCUT2D eigenvalue weighted by atomic mass is 32.1.